The molecule has 4 heteroatoms. The number of nitrogens with zero attached hydrogens (tertiary/aromatic N) is 1. The van der Waals surface area contributed by atoms with Gasteiger partial charge in [0.25, 0.3) is 0 Å². The smallest absolute Gasteiger partial charge is 0.322 e. The topological polar surface area (TPSA) is 51.2 Å². The second-order valence-corrected chi connectivity index (χ2v) is 3.70. The normalized spacial score (nSPS) is 25.1. The van der Waals surface area contributed by atoms with Gasteiger partial charge in [-0.05, 0) is 30.0 Å². The Morgan fingerprint density at radius 2 is 2.27 bits per heavy atom. The van der Waals surface area contributed by atoms with E-state index >= 15 is 0 Å². The minimum Gasteiger partial charge on any atom is -0.468 e. The lowest BCUT2D eigenvalue weighted by Crippen LogP contribution is -2.31. The molecule has 1 N–H and O–H groups in total. The molecule has 15 heavy (non-hydrogen) atoms. The Kier molecular flexibility index (Phi) is 2.97. The van der Waals surface area contributed by atoms with Crippen LogP contribution in [0.25, 0.3) is 0 Å². The lowest BCUT2D eigenvalue weighted by atomic mass is 9.97. The van der Waals surface area contributed by atoms with Crippen LogP contribution in [0.15, 0.2) is 24.5 Å². The number of hydrogen-bond donors (Lipinski definition) is 1. The van der Waals surface area contributed by atoms with E-state index in [0.717, 1.165) is 13.0 Å². The first kappa shape index (κ1) is 10.1. The molecule has 0 aliphatic carbocycles. The van der Waals surface area contributed by atoms with Crippen LogP contribution in [-0.4, -0.2) is 30.6 Å². The Bertz CT molecular complexity index is 340. The minimum atomic E-state index is -0.174. The van der Waals surface area contributed by atoms with Crippen molar-refractivity contribution in [1.29, 1.82) is 0 Å². The average Bonchev–Trinajstić information content (AvgIpc) is 2.78. The van der Waals surface area contributed by atoms with Gasteiger partial charge in [0.15, 0.2) is 0 Å². The summed E-state index contributed by atoms with van der Waals surface area (Å²) in [5, 5.41) is 3.16. The minimum absolute atomic E-state index is 0.159. The standard InChI is InChI=1S/C11H14N2O2/c1-15-11(14)10-6-9(7-13-10)8-2-4-12-5-3-8/h2-5,9-10,13H,6-7H2,1H3. The number of carbonyl (C=O) groups is 1. The van der Waals surface area contributed by atoms with Crippen LogP contribution >= 0.6 is 0 Å². The molecule has 1 aromatic heterocycles. The summed E-state index contributed by atoms with van der Waals surface area (Å²) in [6, 6.07) is 3.83. The van der Waals surface area contributed by atoms with Gasteiger partial charge in [-0.25, -0.2) is 0 Å². The van der Waals surface area contributed by atoms with Gasteiger partial charge in [0.05, 0.1) is 7.11 Å². The summed E-state index contributed by atoms with van der Waals surface area (Å²) in [4.78, 5) is 15.3. The second-order valence-electron chi connectivity index (χ2n) is 3.70. The van der Waals surface area contributed by atoms with E-state index < -0.39 is 0 Å². The van der Waals surface area contributed by atoms with Gasteiger partial charge in [-0.15, -0.1) is 0 Å². The molecule has 1 fully saturated rings. The van der Waals surface area contributed by atoms with E-state index in [0.29, 0.717) is 5.92 Å². The Morgan fingerprint density at radius 1 is 1.53 bits per heavy atom. The second kappa shape index (κ2) is 4.40. The molecule has 80 valence electrons. The fourth-order valence-corrected chi connectivity index (χ4v) is 1.95. The van der Waals surface area contributed by atoms with Gasteiger partial charge in [0.1, 0.15) is 6.04 Å². The van der Waals surface area contributed by atoms with E-state index in [1.165, 1.54) is 12.7 Å². The molecule has 1 aromatic rings. The third-order valence-corrected chi connectivity index (χ3v) is 2.79. The first-order valence-corrected chi connectivity index (χ1v) is 5.02. The number of aromatic nitrogens is 1. The van der Waals surface area contributed by atoms with Crippen LogP contribution in [0.4, 0.5) is 0 Å². The van der Waals surface area contributed by atoms with Crippen molar-refractivity contribution in [2.75, 3.05) is 13.7 Å². The zero-order valence-corrected chi connectivity index (χ0v) is 8.64. The fourth-order valence-electron chi connectivity index (χ4n) is 1.95. The number of rotatable bonds is 2. The fraction of sp³-hybridized carbons (Fsp3) is 0.455. The molecular formula is C11H14N2O2. The summed E-state index contributed by atoms with van der Waals surface area (Å²) in [6.45, 7) is 0.823. The summed E-state index contributed by atoms with van der Waals surface area (Å²) in [5.41, 5.74) is 1.23. The molecular weight excluding hydrogens is 192 g/mol. The number of carbonyl (C=O) groups excluding carboxylic acids is 1. The monoisotopic (exact) mass is 206 g/mol. The molecule has 2 atom stereocenters. The molecule has 0 aromatic carbocycles. The van der Waals surface area contributed by atoms with Crippen molar-refractivity contribution < 1.29 is 9.53 Å². The molecule has 2 unspecified atom stereocenters. The molecule has 1 saturated heterocycles. The van der Waals surface area contributed by atoms with E-state index in [9.17, 15) is 4.79 Å². The quantitative estimate of drug-likeness (QED) is 0.724. The van der Waals surface area contributed by atoms with E-state index in [-0.39, 0.29) is 12.0 Å². The van der Waals surface area contributed by atoms with Gasteiger partial charge in [-0.3, -0.25) is 9.78 Å². The number of methoxy groups -OCH3 is 1. The number of nitrogens with one attached hydrogen (secondary N) is 1. The molecule has 0 saturated carbocycles. The van der Waals surface area contributed by atoms with Gasteiger partial charge in [0.2, 0.25) is 0 Å². The Morgan fingerprint density at radius 3 is 2.93 bits per heavy atom. The summed E-state index contributed by atoms with van der Waals surface area (Å²) in [5.74, 6) is 0.212. The third-order valence-electron chi connectivity index (χ3n) is 2.79. The Hall–Kier alpha value is -1.42. The number of ether oxygens (including phenoxy) is 1. The highest BCUT2D eigenvalue weighted by Crippen LogP contribution is 2.25. The van der Waals surface area contributed by atoms with Gasteiger partial charge in [0, 0.05) is 18.9 Å². The van der Waals surface area contributed by atoms with E-state index in [1.54, 1.807) is 12.4 Å². The van der Waals surface area contributed by atoms with Crippen molar-refractivity contribution in [2.45, 2.75) is 18.4 Å². The lowest BCUT2D eigenvalue weighted by Gasteiger charge is -2.08. The number of pyridine rings is 1. The van der Waals surface area contributed by atoms with Crippen molar-refractivity contribution in [3.63, 3.8) is 0 Å². The maximum atomic E-state index is 11.3. The van der Waals surface area contributed by atoms with E-state index in [1.807, 2.05) is 12.1 Å². The predicted octanol–water partition coefficient (Wildman–Crippen LogP) is 0.700. The van der Waals surface area contributed by atoms with Crippen molar-refractivity contribution in [3.8, 4) is 0 Å². The zero-order valence-electron chi connectivity index (χ0n) is 8.64. The van der Waals surface area contributed by atoms with Crippen LogP contribution in [0.1, 0.15) is 17.9 Å². The maximum absolute atomic E-state index is 11.3. The van der Waals surface area contributed by atoms with E-state index in [2.05, 4.69) is 10.3 Å². The zero-order chi connectivity index (χ0) is 10.7. The van der Waals surface area contributed by atoms with Crippen LogP contribution < -0.4 is 5.32 Å². The predicted molar refractivity (Wildman–Crippen MR) is 55.4 cm³/mol. The summed E-state index contributed by atoms with van der Waals surface area (Å²) in [6.07, 6.45) is 4.36. The first-order chi connectivity index (χ1) is 7.31. The summed E-state index contributed by atoms with van der Waals surface area (Å²) in [7, 11) is 1.42. The van der Waals surface area contributed by atoms with Crippen molar-refractivity contribution >= 4 is 5.97 Å². The molecule has 4 nitrogen and oxygen atoms in total. The average molecular weight is 206 g/mol. The van der Waals surface area contributed by atoms with Crippen LogP contribution in [0.2, 0.25) is 0 Å². The van der Waals surface area contributed by atoms with Crippen molar-refractivity contribution in [2.24, 2.45) is 0 Å². The summed E-state index contributed by atoms with van der Waals surface area (Å²) >= 11 is 0. The molecule has 1 aliphatic rings. The maximum Gasteiger partial charge on any atom is 0.322 e. The van der Waals surface area contributed by atoms with Crippen molar-refractivity contribution in [3.05, 3.63) is 30.1 Å². The Labute approximate surface area is 88.7 Å². The number of hydrogen-bond acceptors (Lipinski definition) is 4. The van der Waals surface area contributed by atoms with Crippen LogP contribution in [0.5, 0.6) is 0 Å². The molecule has 0 spiro atoms. The van der Waals surface area contributed by atoms with Crippen LogP contribution in [0.3, 0.4) is 0 Å². The third kappa shape index (κ3) is 2.15. The molecule has 0 amide bonds. The SMILES string of the molecule is COC(=O)C1CC(c2ccncc2)CN1. The van der Waals surface area contributed by atoms with Crippen LogP contribution in [-0.2, 0) is 9.53 Å². The largest absolute Gasteiger partial charge is 0.468 e. The van der Waals surface area contributed by atoms with Crippen LogP contribution in [0, 0.1) is 0 Å². The highest BCUT2D eigenvalue weighted by molar-refractivity contribution is 5.76. The van der Waals surface area contributed by atoms with Gasteiger partial charge in [-0.1, -0.05) is 0 Å². The molecule has 2 rings (SSSR count). The lowest BCUT2D eigenvalue weighted by molar-refractivity contribution is -0.142. The first-order valence-electron chi connectivity index (χ1n) is 5.02. The Balaban J connectivity index is 2.02. The van der Waals surface area contributed by atoms with Gasteiger partial charge >= 0.3 is 5.97 Å². The van der Waals surface area contributed by atoms with E-state index in [4.69, 9.17) is 4.74 Å². The van der Waals surface area contributed by atoms with Gasteiger partial charge in [-0.2, -0.15) is 0 Å². The molecule has 1 aliphatic heterocycles. The summed E-state index contributed by atoms with van der Waals surface area (Å²) < 4.78 is 4.70. The van der Waals surface area contributed by atoms with Gasteiger partial charge < -0.3 is 10.1 Å². The number of esters is 1. The highest BCUT2D eigenvalue weighted by Gasteiger charge is 2.30. The molecule has 0 radical (unpaired) electrons. The molecule has 0 bridgehead atoms. The molecule has 2 heterocycles. The highest BCUT2D eigenvalue weighted by atomic mass is 16.5. The van der Waals surface area contributed by atoms with Crippen molar-refractivity contribution in [1.82, 2.24) is 10.3 Å².